The third kappa shape index (κ3) is 2.11. The summed E-state index contributed by atoms with van der Waals surface area (Å²) in [5, 5.41) is 21.6. The first-order valence-electron chi connectivity index (χ1n) is 6.47. The molecular formula is C14H15N5. The molecule has 96 valence electrons. The number of aromatic nitrogens is 2. The fraction of sp³-hybridized carbons (Fsp3) is 0.357. The maximum Gasteiger partial charge on any atom is 0.186 e. The number of anilines is 1. The zero-order valence-electron chi connectivity index (χ0n) is 10.5. The lowest BCUT2D eigenvalue weighted by Crippen LogP contribution is -2.35. The number of fused-ring (bicyclic) bond motifs is 1. The standard InChI is InChI=1S/C14H15N5/c15-8-13-14(17-12-7-3-5-10(12)16)9-4-1-2-6-11(9)18-19-13/h1-2,4,6,10,12H,3,5,7,16H2,(H,17,18). The van der Waals surface area contributed by atoms with Gasteiger partial charge in [-0.2, -0.15) is 5.26 Å². The van der Waals surface area contributed by atoms with Crippen molar-refractivity contribution in [3.05, 3.63) is 30.0 Å². The number of nitriles is 1. The van der Waals surface area contributed by atoms with E-state index in [-0.39, 0.29) is 12.1 Å². The van der Waals surface area contributed by atoms with E-state index < -0.39 is 0 Å². The van der Waals surface area contributed by atoms with Crippen LogP contribution in [0, 0.1) is 11.3 Å². The molecule has 2 unspecified atom stereocenters. The molecule has 19 heavy (non-hydrogen) atoms. The van der Waals surface area contributed by atoms with E-state index in [9.17, 15) is 5.26 Å². The van der Waals surface area contributed by atoms with Gasteiger partial charge >= 0.3 is 0 Å². The Morgan fingerprint density at radius 1 is 1.26 bits per heavy atom. The van der Waals surface area contributed by atoms with E-state index in [4.69, 9.17) is 5.73 Å². The van der Waals surface area contributed by atoms with E-state index in [0.29, 0.717) is 5.69 Å². The van der Waals surface area contributed by atoms with E-state index in [0.717, 1.165) is 35.9 Å². The second-order valence-electron chi connectivity index (χ2n) is 4.90. The number of nitrogens with one attached hydrogen (secondary N) is 1. The van der Waals surface area contributed by atoms with Crippen LogP contribution in [0.5, 0.6) is 0 Å². The molecular weight excluding hydrogens is 238 g/mol. The van der Waals surface area contributed by atoms with Crippen LogP contribution < -0.4 is 11.1 Å². The fourth-order valence-electron chi connectivity index (χ4n) is 2.63. The molecule has 2 atom stereocenters. The van der Waals surface area contributed by atoms with Gasteiger partial charge in [0.1, 0.15) is 6.07 Å². The van der Waals surface area contributed by atoms with E-state index in [1.54, 1.807) is 0 Å². The predicted octanol–water partition coefficient (Wildman–Crippen LogP) is 1.79. The topological polar surface area (TPSA) is 87.6 Å². The molecule has 1 aliphatic carbocycles. The van der Waals surface area contributed by atoms with Crippen molar-refractivity contribution in [3.8, 4) is 6.07 Å². The largest absolute Gasteiger partial charge is 0.378 e. The van der Waals surface area contributed by atoms with Crippen molar-refractivity contribution in [1.82, 2.24) is 10.2 Å². The van der Waals surface area contributed by atoms with Gasteiger partial charge in [-0.3, -0.25) is 0 Å². The van der Waals surface area contributed by atoms with Crippen LogP contribution in [-0.4, -0.2) is 22.3 Å². The molecule has 0 bridgehead atoms. The number of benzene rings is 1. The van der Waals surface area contributed by atoms with Crippen molar-refractivity contribution in [2.75, 3.05) is 5.32 Å². The minimum absolute atomic E-state index is 0.137. The molecule has 1 heterocycles. The Labute approximate surface area is 111 Å². The zero-order chi connectivity index (χ0) is 13.2. The van der Waals surface area contributed by atoms with Crippen LogP contribution in [0.2, 0.25) is 0 Å². The highest BCUT2D eigenvalue weighted by atomic mass is 15.1. The highest BCUT2D eigenvalue weighted by Gasteiger charge is 2.25. The molecule has 1 aromatic heterocycles. The smallest absolute Gasteiger partial charge is 0.186 e. The van der Waals surface area contributed by atoms with Crippen molar-refractivity contribution in [2.24, 2.45) is 5.73 Å². The first-order chi connectivity index (χ1) is 9.29. The van der Waals surface area contributed by atoms with Crippen LogP contribution in [0.25, 0.3) is 10.9 Å². The van der Waals surface area contributed by atoms with Gasteiger partial charge in [0, 0.05) is 17.5 Å². The number of hydrogen-bond donors (Lipinski definition) is 2. The second kappa shape index (κ2) is 4.82. The van der Waals surface area contributed by atoms with Gasteiger partial charge in [-0.05, 0) is 25.3 Å². The quantitative estimate of drug-likeness (QED) is 0.852. The molecule has 0 spiro atoms. The molecule has 1 aromatic carbocycles. The molecule has 3 rings (SSSR count). The highest BCUT2D eigenvalue weighted by molar-refractivity contribution is 5.92. The number of nitrogens with two attached hydrogens (primary N) is 1. The van der Waals surface area contributed by atoms with Crippen molar-refractivity contribution < 1.29 is 0 Å². The van der Waals surface area contributed by atoms with E-state index >= 15 is 0 Å². The lowest BCUT2D eigenvalue weighted by Gasteiger charge is -2.20. The minimum atomic E-state index is 0.137. The van der Waals surface area contributed by atoms with Crippen molar-refractivity contribution in [3.63, 3.8) is 0 Å². The Kier molecular flexibility index (Phi) is 3.02. The van der Waals surface area contributed by atoms with Gasteiger partial charge in [0.2, 0.25) is 0 Å². The summed E-state index contributed by atoms with van der Waals surface area (Å²) in [5.41, 5.74) is 7.96. The summed E-state index contributed by atoms with van der Waals surface area (Å²) in [6.07, 6.45) is 3.18. The van der Waals surface area contributed by atoms with Crippen molar-refractivity contribution in [2.45, 2.75) is 31.3 Å². The first kappa shape index (κ1) is 11.9. The van der Waals surface area contributed by atoms with Gasteiger partial charge in [-0.15, -0.1) is 10.2 Å². The normalized spacial score (nSPS) is 22.3. The summed E-state index contributed by atoms with van der Waals surface area (Å²) < 4.78 is 0. The third-order valence-corrected chi connectivity index (χ3v) is 3.67. The molecule has 1 fully saturated rings. The van der Waals surface area contributed by atoms with Crippen LogP contribution in [-0.2, 0) is 0 Å². The lowest BCUT2D eigenvalue weighted by atomic mass is 10.1. The van der Waals surface area contributed by atoms with Crippen LogP contribution in [0.1, 0.15) is 25.0 Å². The maximum absolute atomic E-state index is 9.19. The van der Waals surface area contributed by atoms with E-state index in [2.05, 4.69) is 21.6 Å². The Balaban J connectivity index is 2.07. The molecule has 5 heteroatoms. The van der Waals surface area contributed by atoms with E-state index in [1.165, 1.54) is 0 Å². The maximum atomic E-state index is 9.19. The Hall–Kier alpha value is -2.19. The molecule has 1 aliphatic rings. The van der Waals surface area contributed by atoms with Gasteiger partial charge in [-0.25, -0.2) is 0 Å². The monoisotopic (exact) mass is 253 g/mol. The van der Waals surface area contributed by atoms with Gasteiger partial charge < -0.3 is 11.1 Å². The highest BCUT2D eigenvalue weighted by Crippen LogP contribution is 2.28. The summed E-state index contributed by atoms with van der Waals surface area (Å²) in [5.74, 6) is 0. The third-order valence-electron chi connectivity index (χ3n) is 3.67. The molecule has 5 nitrogen and oxygen atoms in total. The summed E-state index contributed by atoms with van der Waals surface area (Å²) in [4.78, 5) is 0. The molecule has 0 radical (unpaired) electrons. The molecule has 0 aliphatic heterocycles. The predicted molar refractivity (Wildman–Crippen MR) is 73.5 cm³/mol. The van der Waals surface area contributed by atoms with Crippen LogP contribution in [0.15, 0.2) is 24.3 Å². The fourth-order valence-corrected chi connectivity index (χ4v) is 2.63. The van der Waals surface area contributed by atoms with E-state index in [1.807, 2.05) is 24.3 Å². The second-order valence-corrected chi connectivity index (χ2v) is 4.90. The first-order valence-corrected chi connectivity index (χ1v) is 6.47. The van der Waals surface area contributed by atoms with Gasteiger partial charge in [0.05, 0.1) is 11.2 Å². The Bertz CT molecular complexity index is 646. The van der Waals surface area contributed by atoms with Crippen molar-refractivity contribution >= 4 is 16.6 Å². The molecule has 3 N–H and O–H groups in total. The molecule has 0 saturated heterocycles. The summed E-state index contributed by atoms with van der Waals surface area (Å²) >= 11 is 0. The van der Waals surface area contributed by atoms with Crippen LogP contribution in [0.3, 0.4) is 0 Å². The van der Waals surface area contributed by atoms with Crippen LogP contribution in [0.4, 0.5) is 5.69 Å². The molecule has 0 amide bonds. The average molecular weight is 253 g/mol. The van der Waals surface area contributed by atoms with Crippen molar-refractivity contribution in [1.29, 1.82) is 5.26 Å². The van der Waals surface area contributed by atoms with Crippen LogP contribution >= 0.6 is 0 Å². The van der Waals surface area contributed by atoms with Gasteiger partial charge in [0.25, 0.3) is 0 Å². The number of rotatable bonds is 2. The van der Waals surface area contributed by atoms with Gasteiger partial charge in [0.15, 0.2) is 5.69 Å². The zero-order valence-corrected chi connectivity index (χ0v) is 10.5. The lowest BCUT2D eigenvalue weighted by molar-refractivity contribution is 0.638. The molecule has 1 saturated carbocycles. The van der Waals surface area contributed by atoms with Gasteiger partial charge in [-0.1, -0.05) is 18.2 Å². The summed E-state index contributed by atoms with van der Waals surface area (Å²) in [7, 11) is 0. The Morgan fingerprint density at radius 2 is 2.11 bits per heavy atom. The molecule has 2 aromatic rings. The Morgan fingerprint density at radius 3 is 2.84 bits per heavy atom. The number of hydrogen-bond acceptors (Lipinski definition) is 5. The SMILES string of the molecule is N#Cc1nnc2ccccc2c1NC1CCCC1N. The number of nitrogens with zero attached hydrogens (tertiary/aromatic N) is 3. The summed E-state index contributed by atoms with van der Waals surface area (Å²) in [6, 6.07) is 10.1. The summed E-state index contributed by atoms with van der Waals surface area (Å²) in [6.45, 7) is 0. The minimum Gasteiger partial charge on any atom is -0.378 e. The average Bonchev–Trinajstić information content (AvgIpc) is 2.85.